The number of benzene rings is 2. The minimum Gasteiger partial charge on any atom is -0.431 e. The van der Waals surface area contributed by atoms with Crippen LogP contribution in [0, 0.1) is 0 Å². The van der Waals surface area contributed by atoms with Gasteiger partial charge in [0.25, 0.3) is 6.01 Å². The fraction of sp³-hybridized carbons (Fsp3) is 0.133. The summed E-state index contributed by atoms with van der Waals surface area (Å²) in [5, 5.41) is 2.41. The molecule has 0 N–H and O–H groups in total. The van der Waals surface area contributed by atoms with E-state index >= 15 is 0 Å². The lowest BCUT2D eigenvalue weighted by atomic mass is 10.0. The van der Waals surface area contributed by atoms with Gasteiger partial charge in [-0.3, -0.25) is 0 Å². The standard InChI is InChI=1S/C15H14N2O/c1-17(2)15-16-14(10-18-15)13-9-5-7-11-6-3-4-8-12(11)13/h3-10H,1-2H3. The second-order valence-corrected chi connectivity index (χ2v) is 4.44. The van der Waals surface area contributed by atoms with Crippen molar-refractivity contribution in [2.45, 2.75) is 0 Å². The first-order valence-electron chi connectivity index (χ1n) is 5.87. The van der Waals surface area contributed by atoms with Crippen LogP contribution >= 0.6 is 0 Å². The summed E-state index contributed by atoms with van der Waals surface area (Å²) >= 11 is 0. The average Bonchev–Trinajstić information content (AvgIpc) is 2.87. The molecule has 3 heteroatoms. The molecule has 0 fully saturated rings. The minimum atomic E-state index is 0.623. The number of rotatable bonds is 2. The zero-order valence-electron chi connectivity index (χ0n) is 10.4. The average molecular weight is 238 g/mol. The summed E-state index contributed by atoms with van der Waals surface area (Å²) in [5.74, 6) is 0. The van der Waals surface area contributed by atoms with Crippen molar-refractivity contribution in [2.24, 2.45) is 0 Å². The van der Waals surface area contributed by atoms with Crippen LogP contribution in [0.25, 0.3) is 22.0 Å². The predicted molar refractivity (Wildman–Crippen MR) is 73.8 cm³/mol. The molecule has 0 aliphatic heterocycles. The fourth-order valence-corrected chi connectivity index (χ4v) is 2.04. The molecule has 0 spiro atoms. The SMILES string of the molecule is CN(C)c1nc(-c2cccc3ccccc23)co1. The Morgan fingerprint density at radius 2 is 1.78 bits per heavy atom. The van der Waals surface area contributed by atoms with Crippen molar-refractivity contribution >= 4 is 16.8 Å². The maximum atomic E-state index is 5.44. The van der Waals surface area contributed by atoms with Crippen molar-refractivity contribution < 1.29 is 4.42 Å². The van der Waals surface area contributed by atoms with Crippen LogP contribution in [-0.4, -0.2) is 19.1 Å². The lowest BCUT2D eigenvalue weighted by Crippen LogP contribution is -2.08. The Morgan fingerprint density at radius 3 is 2.56 bits per heavy atom. The van der Waals surface area contributed by atoms with Crippen molar-refractivity contribution in [3.05, 3.63) is 48.7 Å². The van der Waals surface area contributed by atoms with Gasteiger partial charge in [0.1, 0.15) is 12.0 Å². The minimum absolute atomic E-state index is 0.623. The highest BCUT2D eigenvalue weighted by molar-refractivity contribution is 5.95. The van der Waals surface area contributed by atoms with Crippen LogP contribution in [0.15, 0.2) is 53.1 Å². The van der Waals surface area contributed by atoms with E-state index in [1.165, 1.54) is 10.8 Å². The monoisotopic (exact) mass is 238 g/mol. The topological polar surface area (TPSA) is 29.3 Å². The van der Waals surface area contributed by atoms with E-state index in [2.05, 4.69) is 29.2 Å². The molecule has 0 saturated heterocycles. The highest BCUT2D eigenvalue weighted by Gasteiger charge is 2.09. The zero-order valence-corrected chi connectivity index (χ0v) is 10.4. The van der Waals surface area contributed by atoms with Crippen molar-refractivity contribution in [1.29, 1.82) is 0 Å². The van der Waals surface area contributed by atoms with Gasteiger partial charge in [-0.1, -0.05) is 42.5 Å². The highest BCUT2D eigenvalue weighted by Crippen LogP contribution is 2.29. The van der Waals surface area contributed by atoms with E-state index < -0.39 is 0 Å². The van der Waals surface area contributed by atoms with Gasteiger partial charge in [0.2, 0.25) is 0 Å². The fourth-order valence-electron chi connectivity index (χ4n) is 2.04. The molecule has 0 aliphatic carbocycles. The van der Waals surface area contributed by atoms with Gasteiger partial charge in [0, 0.05) is 19.7 Å². The van der Waals surface area contributed by atoms with Gasteiger partial charge in [-0.2, -0.15) is 4.98 Å². The molecule has 0 unspecified atom stereocenters. The molecule has 1 heterocycles. The number of aromatic nitrogens is 1. The second kappa shape index (κ2) is 4.18. The van der Waals surface area contributed by atoms with E-state index in [-0.39, 0.29) is 0 Å². The third kappa shape index (κ3) is 1.74. The molecule has 2 aromatic carbocycles. The summed E-state index contributed by atoms with van der Waals surface area (Å²) in [5.41, 5.74) is 1.97. The first-order valence-corrected chi connectivity index (χ1v) is 5.87. The molecule has 1 aromatic heterocycles. The van der Waals surface area contributed by atoms with Gasteiger partial charge in [0.15, 0.2) is 0 Å². The third-order valence-electron chi connectivity index (χ3n) is 2.94. The maximum absolute atomic E-state index is 5.44. The maximum Gasteiger partial charge on any atom is 0.297 e. The number of nitrogens with zero attached hydrogens (tertiary/aromatic N) is 2. The van der Waals surface area contributed by atoms with Gasteiger partial charge in [0.05, 0.1) is 0 Å². The Bertz CT molecular complexity index is 680. The molecule has 3 nitrogen and oxygen atoms in total. The first-order chi connectivity index (χ1) is 8.75. The first kappa shape index (κ1) is 10.8. The van der Waals surface area contributed by atoms with Crippen LogP contribution < -0.4 is 4.90 Å². The van der Waals surface area contributed by atoms with Gasteiger partial charge >= 0.3 is 0 Å². The summed E-state index contributed by atoms with van der Waals surface area (Å²) in [6, 6.07) is 15.1. The number of hydrogen-bond donors (Lipinski definition) is 0. The number of anilines is 1. The molecule has 0 saturated carbocycles. The van der Waals surface area contributed by atoms with Crippen LogP contribution in [0.5, 0.6) is 0 Å². The van der Waals surface area contributed by atoms with Crippen molar-refractivity contribution in [3.63, 3.8) is 0 Å². The second-order valence-electron chi connectivity index (χ2n) is 4.44. The molecular weight excluding hydrogens is 224 g/mol. The van der Waals surface area contributed by atoms with E-state index in [0.717, 1.165) is 11.3 Å². The van der Waals surface area contributed by atoms with Crippen LogP contribution in [0.4, 0.5) is 6.01 Å². The van der Waals surface area contributed by atoms with Gasteiger partial charge < -0.3 is 9.32 Å². The van der Waals surface area contributed by atoms with Crippen LogP contribution in [0.1, 0.15) is 0 Å². The molecule has 0 radical (unpaired) electrons. The van der Waals surface area contributed by atoms with E-state index in [0.29, 0.717) is 6.01 Å². The Kier molecular flexibility index (Phi) is 2.52. The summed E-state index contributed by atoms with van der Waals surface area (Å²) in [7, 11) is 3.83. The Labute approximate surface area is 106 Å². The van der Waals surface area contributed by atoms with E-state index in [4.69, 9.17) is 4.42 Å². The Morgan fingerprint density at radius 1 is 1.00 bits per heavy atom. The number of oxazole rings is 1. The van der Waals surface area contributed by atoms with Crippen molar-refractivity contribution in [2.75, 3.05) is 19.0 Å². The summed E-state index contributed by atoms with van der Waals surface area (Å²) in [4.78, 5) is 6.35. The molecule has 3 aromatic rings. The lowest BCUT2D eigenvalue weighted by molar-refractivity contribution is 0.556. The quantitative estimate of drug-likeness (QED) is 0.683. The van der Waals surface area contributed by atoms with Gasteiger partial charge in [-0.05, 0) is 10.8 Å². The van der Waals surface area contributed by atoms with Crippen LogP contribution in [0.2, 0.25) is 0 Å². The summed E-state index contributed by atoms with van der Waals surface area (Å²) < 4.78 is 5.44. The van der Waals surface area contributed by atoms with E-state index in [1.807, 2.05) is 37.2 Å². The van der Waals surface area contributed by atoms with Crippen LogP contribution in [0.3, 0.4) is 0 Å². The largest absolute Gasteiger partial charge is 0.431 e. The lowest BCUT2D eigenvalue weighted by Gasteiger charge is -2.04. The molecule has 0 bridgehead atoms. The van der Waals surface area contributed by atoms with Gasteiger partial charge in [-0.15, -0.1) is 0 Å². The molecular formula is C15H14N2O. The highest BCUT2D eigenvalue weighted by atomic mass is 16.4. The smallest absolute Gasteiger partial charge is 0.297 e. The third-order valence-corrected chi connectivity index (χ3v) is 2.94. The molecule has 0 amide bonds. The predicted octanol–water partition coefficient (Wildman–Crippen LogP) is 3.56. The van der Waals surface area contributed by atoms with Crippen molar-refractivity contribution in [3.8, 4) is 11.3 Å². The summed E-state index contributed by atoms with van der Waals surface area (Å²) in [6.07, 6.45) is 1.71. The zero-order chi connectivity index (χ0) is 12.5. The Balaban J connectivity index is 2.18. The molecule has 3 rings (SSSR count). The Hall–Kier alpha value is -2.29. The number of hydrogen-bond acceptors (Lipinski definition) is 3. The van der Waals surface area contributed by atoms with E-state index in [1.54, 1.807) is 6.26 Å². The molecule has 0 atom stereocenters. The summed E-state index contributed by atoms with van der Waals surface area (Å²) in [6.45, 7) is 0. The number of fused-ring (bicyclic) bond motifs is 1. The van der Waals surface area contributed by atoms with Crippen molar-refractivity contribution in [1.82, 2.24) is 4.98 Å². The molecule has 18 heavy (non-hydrogen) atoms. The normalized spacial score (nSPS) is 10.8. The van der Waals surface area contributed by atoms with E-state index in [9.17, 15) is 0 Å². The molecule has 90 valence electrons. The van der Waals surface area contributed by atoms with Gasteiger partial charge in [-0.25, -0.2) is 0 Å². The molecule has 0 aliphatic rings. The van der Waals surface area contributed by atoms with Crippen LogP contribution in [-0.2, 0) is 0 Å².